The maximum absolute atomic E-state index is 12.2. The van der Waals surface area contributed by atoms with Gasteiger partial charge in [0.25, 0.3) is 0 Å². The van der Waals surface area contributed by atoms with Gasteiger partial charge in [0, 0.05) is 13.1 Å². The summed E-state index contributed by atoms with van der Waals surface area (Å²) in [7, 11) is 0. The molecule has 1 aliphatic rings. The second kappa shape index (κ2) is 10.2. The highest BCUT2D eigenvalue weighted by Crippen LogP contribution is 2.30. The van der Waals surface area contributed by atoms with Gasteiger partial charge in [-0.05, 0) is 81.9 Å². The molecule has 6 heteroatoms. The second-order valence-corrected chi connectivity index (χ2v) is 9.41. The van der Waals surface area contributed by atoms with Crippen molar-refractivity contribution in [3.63, 3.8) is 0 Å². The number of benzene rings is 1. The predicted molar refractivity (Wildman–Crippen MR) is 117 cm³/mol. The molecule has 1 heterocycles. The summed E-state index contributed by atoms with van der Waals surface area (Å²) < 4.78 is 11.2. The van der Waals surface area contributed by atoms with E-state index in [1.807, 2.05) is 18.7 Å². The van der Waals surface area contributed by atoms with Gasteiger partial charge < -0.3 is 19.5 Å². The molecule has 0 radical (unpaired) electrons. The van der Waals surface area contributed by atoms with Crippen LogP contribution in [-0.4, -0.2) is 47.4 Å². The van der Waals surface area contributed by atoms with Gasteiger partial charge in [-0.2, -0.15) is 0 Å². The molecule has 1 aliphatic heterocycles. The Morgan fingerprint density at radius 3 is 2.43 bits per heavy atom. The zero-order valence-electron chi connectivity index (χ0n) is 19.3. The second-order valence-electron chi connectivity index (χ2n) is 9.41. The van der Waals surface area contributed by atoms with Gasteiger partial charge in [-0.25, -0.2) is 9.59 Å². The molecule has 1 fully saturated rings. The number of carbonyl (C=O) groups is 2. The molecule has 0 saturated carbocycles. The van der Waals surface area contributed by atoms with Gasteiger partial charge in [-0.15, -0.1) is 0 Å². The molecule has 0 aromatic heterocycles. The van der Waals surface area contributed by atoms with Crippen LogP contribution >= 0.6 is 0 Å². The molecule has 1 aromatic rings. The average Bonchev–Trinajstić information content (AvgIpc) is 3.11. The number of carboxylic acid groups (broad SMARTS) is 1. The van der Waals surface area contributed by atoms with E-state index in [2.05, 4.69) is 26.0 Å². The van der Waals surface area contributed by atoms with Gasteiger partial charge in [0.2, 0.25) is 0 Å². The van der Waals surface area contributed by atoms with E-state index in [4.69, 9.17) is 9.47 Å². The average molecular weight is 420 g/mol. The number of hydrogen-bond acceptors (Lipinski definition) is 4. The van der Waals surface area contributed by atoms with Gasteiger partial charge in [0.1, 0.15) is 5.75 Å². The van der Waals surface area contributed by atoms with E-state index in [0.29, 0.717) is 24.2 Å². The number of amides is 1. The number of carbonyl (C=O) groups excluding carboxylic acids is 1. The summed E-state index contributed by atoms with van der Waals surface area (Å²) in [5, 5.41) is 9.31. The lowest BCUT2D eigenvalue weighted by atomic mass is 9.96. The first-order valence-corrected chi connectivity index (χ1v) is 10.9. The van der Waals surface area contributed by atoms with Crippen LogP contribution in [0.1, 0.15) is 63.6 Å². The predicted octanol–water partition coefficient (Wildman–Crippen LogP) is 4.98. The van der Waals surface area contributed by atoms with Crippen LogP contribution in [0.2, 0.25) is 0 Å². The molecule has 1 N–H and O–H groups in total. The van der Waals surface area contributed by atoms with Gasteiger partial charge in [0.15, 0.2) is 5.60 Å². The third-order valence-electron chi connectivity index (χ3n) is 5.70. The van der Waals surface area contributed by atoms with Crippen LogP contribution in [0.15, 0.2) is 12.1 Å². The number of rotatable bonds is 9. The molecule has 1 amide bonds. The summed E-state index contributed by atoms with van der Waals surface area (Å²) in [6, 6.07) is 4.15. The Morgan fingerprint density at radius 1 is 1.23 bits per heavy atom. The number of aliphatic carboxylic acids is 1. The first-order valence-electron chi connectivity index (χ1n) is 10.9. The van der Waals surface area contributed by atoms with E-state index in [-0.39, 0.29) is 6.09 Å². The number of likely N-dealkylation sites (tertiary alicyclic amines) is 1. The van der Waals surface area contributed by atoms with Crippen LogP contribution < -0.4 is 4.74 Å². The number of carboxylic acids is 1. The van der Waals surface area contributed by atoms with E-state index < -0.39 is 11.6 Å². The highest BCUT2D eigenvalue weighted by atomic mass is 16.6. The lowest BCUT2D eigenvalue weighted by Crippen LogP contribution is -2.38. The number of ether oxygens (including phenoxy) is 2. The zero-order valence-corrected chi connectivity index (χ0v) is 19.3. The summed E-state index contributed by atoms with van der Waals surface area (Å²) in [6.07, 6.45) is 3.64. The van der Waals surface area contributed by atoms with Crippen molar-refractivity contribution in [3.8, 4) is 5.75 Å². The maximum atomic E-state index is 12.2. The van der Waals surface area contributed by atoms with Crippen LogP contribution in [0.5, 0.6) is 5.75 Å². The maximum Gasteiger partial charge on any atom is 0.409 e. The molecular formula is C24H37NO5. The number of nitrogens with zero attached hydrogens (tertiary/aromatic N) is 1. The molecular weight excluding hydrogens is 382 g/mol. The minimum atomic E-state index is -1.27. The molecule has 30 heavy (non-hydrogen) atoms. The molecule has 2 rings (SSSR count). The molecule has 6 nitrogen and oxygen atoms in total. The summed E-state index contributed by atoms with van der Waals surface area (Å²) in [4.78, 5) is 25.4. The third-order valence-corrected chi connectivity index (χ3v) is 5.70. The summed E-state index contributed by atoms with van der Waals surface area (Å²) in [5.74, 6) is 0.661. The largest absolute Gasteiger partial charge is 0.478 e. The van der Waals surface area contributed by atoms with Crippen molar-refractivity contribution in [3.05, 3.63) is 28.8 Å². The Hall–Kier alpha value is -2.24. The normalized spacial score (nSPS) is 16.8. The first-order chi connectivity index (χ1) is 14.0. The van der Waals surface area contributed by atoms with E-state index in [0.717, 1.165) is 49.9 Å². The van der Waals surface area contributed by atoms with Crippen molar-refractivity contribution in [2.45, 2.75) is 72.8 Å². The fraction of sp³-hybridized carbons (Fsp3) is 0.667. The van der Waals surface area contributed by atoms with Gasteiger partial charge in [0.05, 0.1) is 6.61 Å². The standard InChI is InChI=1S/C24H37NO5/c1-16(2)10-12-29-23(28)25-11-9-19(15-25)7-8-20-13-17(3)21(18(4)14-20)30-24(5,6)22(26)27/h13-14,16,19H,7-12,15H2,1-6H3,(H,26,27). The summed E-state index contributed by atoms with van der Waals surface area (Å²) in [6.45, 7) is 13.3. The minimum absolute atomic E-state index is 0.188. The van der Waals surface area contributed by atoms with Gasteiger partial charge in [-0.3, -0.25) is 0 Å². The fourth-order valence-electron chi connectivity index (χ4n) is 3.72. The minimum Gasteiger partial charge on any atom is -0.478 e. The molecule has 0 bridgehead atoms. The van der Waals surface area contributed by atoms with Crippen molar-refractivity contribution in [2.24, 2.45) is 11.8 Å². The van der Waals surface area contributed by atoms with Crippen LogP contribution in [0.4, 0.5) is 4.79 Å². The molecule has 1 atom stereocenters. The van der Waals surface area contributed by atoms with Crippen LogP contribution in [0.3, 0.4) is 0 Å². The van der Waals surface area contributed by atoms with Gasteiger partial charge in [-0.1, -0.05) is 26.0 Å². The van der Waals surface area contributed by atoms with Gasteiger partial charge >= 0.3 is 12.1 Å². The highest BCUT2D eigenvalue weighted by Gasteiger charge is 2.31. The van der Waals surface area contributed by atoms with E-state index in [9.17, 15) is 14.7 Å². The highest BCUT2D eigenvalue weighted by molar-refractivity contribution is 5.77. The van der Waals surface area contributed by atoms with Crippen molar-refractivity contribution >= 4 is 12.1 Å². The number of hydrogen-bond donors (Lipinski definition) is 1. The summed E-state index contributed by atoms with van der Waals surface area (Å²) in [5.41, 5.74) is 1.83. The first kappa shape index (κ1) is 24.0. The molecule has 1 saturated heterocycles. The monoisotopic (exact) mass is 419 g/mol. The molecule has 0 spiro atoms. The molecule has 1 aromatic carbocycles. The molecule has 168 valence electrons. The Kier molecular flexibility index (Phi) is 8.16. The van der Waals surface area contributed by atoms with E-state index in [1.165, 1.54) is 5.56 Å². The Morgan fingerprint density at radius 2 is 1.87 bits per heavy atom. The topological polar surface area (TPSA) is 76.1 Å². The van der Waals surface area contributed by atoms with Crippen molar-refractivity contribution in [1.82, 2.24) is 4.90 Å². The van der Waals surface area contributed by atoms with E-state index in [1.54, 1.807) is 13.8 Å². The smallest absolute Gasteiger partial charge is 0.409 e. The quantitative estimate of drug-likeness (QED) is 0.611. The third kappa shape index (κ3) is 6.64. The lowest BCUT2D eigenvalue weighted by molar-refractivity contribution is -0.152. The van der Waals surface area contributed by atoms with Crippen molar-refractivity contribution in [2.75, 3.05) is 19.7 Å². The van der Waals surface area contributed by atoms with Crippen LogP contribution in [0, 0.1) is 25.7 Å². The van der Waals surface area contributed by atoms with E-state index >= 15 is 0 Å². The Bertz CT molecular complexity index is 733. The fourth-order valence-corrected chi connectivity index (χ4v) is 3.72. The lowest BCUT2D eigenvalue weighted by Gasteiger charge is -2.24. The molecule has 0 aliphatic carbocycles. The van der Waals surface area contributed by atoms with Crippen LogP contribution in [-0.2, 0) is 16.0 Å². The SMILES string of the molecule is Cc1cc(CCC2CCN(C(=O)OCCC(C)C)C2)cc(C)c1OC(C)(C)C(=O)O. The van der Waals surface area contributed by atoms with Crippen molar-refractivity contribution in [1.29, 1.82) is 0 Å². The molecule has 1 unspecified atom stereocenters. The van der Waals surface area contributed by atoms with Crippen molar-refractivity contribution < 1.29 is 24.2 Å². The van der Waals surface area contributed by atoms with Crippen LogP contribution in [0.25, 0.3) is 0 Å². The Balaban J connectivity index is 1.88. The summed E-state index contributed by atoms with van der Waals surface area (Å²) >= 11 is 0. The zero-order chi connectivity index (χ0) is 22.5. The number of aryl methyl sites for hydroxylation is 3. The Labute approximate surface area is 180 Å².